The summed E-state index contributed by atoms with van der Waals surface area (Å²) in [7, 11) is -12.0. The van der Waals surface area contributed by atoms with Crippen LogP contribution in [0.5, 0.6) is 0 Å². The fourth-order valence-corrected chi connectivity index (χ4v) is 4.14. The summed E-state index contributed by atoms with van der Waals surface area (Å²) in [4.78, 5) is 0. The molecule has 2 saturated heterocycles. The Hall–Kier alpha value is -0.390. The van der Waals surface area contributed by atoms with Crippen LogP contribution < -0.4 is 0 Å². The summed E-state index contributed by atoms with van der Waals surface area (Å²) in [6.45, 7) is -0.206. The normalized spacial score (nSPS) is 31.5. The van der Waals surface area contributed by atoms with Crippen LogP contribution in [0.1, 0.15) is 0 Å². The fourth-order valence-electron chi connectivity index (χ4n) is 2.50. The van der Waals surface area contributed by atoms with Gasteiger partial charge in [0.05, 0.1) is 38.6 Å². The third-order valence-corrected chi connectivity index (χ3v) is 4.99. The van der Waals surface area contributed by atoms with Gasteiger partial charge in [-0.3, -0.25) is 12.5 Å². The zero-order chi connectivity index (χ0) is 19.8. The Morgan fingerprint density at radius 3 is 1.77 bits per heavy atom. The standard InChI is InChI=1S/C11H20O12S3/c1-24(12,13)20-6-7-8(22-25(2,14)15)9(23-26(3,16)17)10(21-7)11-18-4-5-19-11/h7-11H,4-6H2,1-3H3/t7-,8+,9-,10+/m0/s1. The summed E-state index contributed by atoms with van der Waals surface area (Å²) >= 11 is 0. The molecule has 2 heterocycles. The van der Waals surface area contributed by atoms with Crippen LogP contribution in [0.4, 0.5) is 0 Å². The quantitative estimate of drug-likeness (QED) is 0.375. The highest BCUT2D eigenvalue weighted by atomic mass is 32.2. The highest BCUT2D eigenvalue weighted by molar-refractivity contribution is 7.86. The maximum absolute atomic E-state index is 11.6. The summed E-state index contributed by atoms with van der Waals surface area (Å²) < 4.78 is 99.3. The predicted octanol–water partition coefficient (Wildman–Crippen LogP) is -2.21. The predicted molar refractivity (Wildman–Crippen MR) is 84.6 cm³/mol. The number of hydrogen-bond donors (Lipinski definition) is 0. The smallest absolute Gasteiger partial charge is 0.264 e. The van der Waals surface area contributed by atoms with Crippen LogP contribution in [0.25, 0.3) is 0 Å². The number of rotatable bonds is 8. The lowest BCUT2D eigenvalue weighted by atomic mass is 10.1. The summed E-state index contributed by atoms with van der Waals surface area (Å²) in [5.41, 5.74) is 0. The molecule has 15 heteroatoms. The molecule has 2 fully saturated rings. The van der Waals surface area contributed by atoms with E-state index in [-0.39, 0.29) is 13.2 Å². The van der Waals surface area contributed by atoms with E-state index < -0.39 is 67.7 Å². The molecule has 0 aromatic rings. The van der Waals surface area contributed by atoms with Crippen molar-refractivity contribution >= 4 is 30.4 Å². The highest BCUT2D eigenvalue weighted by Crippen LogP contribution is 2.33. The molecule has 2 rings (SSSR count). The van der Waals surface area contributed by atoms with Crippen molar-refractivity contribution < 1.29 is 52.0 Å². The van der Waals surface area contributed by atoms with Gasteiger partial charge in [0, 0.05) is 0 Å². The van der Waals surface area contributed by atoms with Crippen molar-refractivity contribution in [2.24, 2.45) is 0 Å². The van der Waals surface area contributed by atoms with Gasteiger partial charge in [0.15, 0.2) is 6.29 Å². The minimum Gasteiger partial charge on any atom is -0.361 e. The molecular weight excluding hydrogens is 420 g/mol. The van der Waals surface area contributed by atoms with Gasteiger partial charge in [0.1, 0.15) is 24.4 Å². The SMILES string of the molecule is CS(=O)(=O)OC[C@@H]1O[C@@H](C2OCCO2)[C@@H](OS(C)(=O)=O)[C@@H]1OS(C)(=O)=O. The van der Waals surface area contributed by atoms with Crippen molar-refractivity contribution in [2.75, 3.05) is 38.6 Å². The van der Waals surface area contributed by atoms with E-state index in [2.05, 4.69) is 4.18 Å². The van der Waals surface area contributed by atoms with Crippen LogP contribution in [-0.4, -0.2) is 94.5 Å². The Kier molecular flexibility index (Phi) is 6.68. The van der Waals surface area contributed by atoms with Crippen molar-refractivity contribution in [3.05, 3.63) is 0 Å². The molecule has 154 valence electrons. The van der Waals surface area contributed by atoms with Crippen molar-refractivity contribution in [2.45, 2.75) is 30.7 Å². The molecule has 0 N–H and O–H groups in total. The van der Waals surface area contributed by atoms with Crippen LogP contribution in [-0.2, 0) is 57.1 Å². The van der Waals surface area contributed by atoms with Gasteiger partial charge in [-0.1, -0.05) is 0 Å². The van der Waals surface area contributed by atoms with Crippen molar-refractivity contribution in [3.63, 3.8) is 0 Å². The Morgan fingerprint density at radius 1 is 0.808 bits per heavy atom. The molecule has 0 amide bonds. The van der Waals surface area contributed by atoms with E-state index in [0.29, 0.717) is 0 Å². The van der Waals surface area contributed by atoms with Gasteiger partial charge in [-0.05, 0) is 0 Å². The molecule has 0 bridgehead atoms. The minimum atomic E-state index is -4.07. The molecule has 12 nitrogen and oxygen atoms in total. The van der Waals surface area contributed by atoms with E-state index >= 15 is 0 Å². The molecular formula is C11H20O12S3. The van der Waals surface area contributed by atoms with Crippen LogP contribution in [0, 0.1) is 0 Å². The second kappa shape index (κ2) is 7.92. The maximum Gasteiger partial charge on any atom is 0.264 e. The lowest BCUT2D eigenvalue weighted by molar-refractivity contribution is -0.156. The van der Waals surface area contributed by atoms with Gasteiger partial charge >= 0.3 is 0 Å². The molecule has 2 aliphatic heterocycles. The van der Waals surface area contributed by atoms with Gasteiger partial charge in [-0.25, -0.2) is 0 Å². The van der Waals surface area contributed by atoms with Gasteiger partial charge in [-0.15, -0.1) is 0 Å². The van der Waals surface area contributed by atoms with Gasteiger partial charge < -0.3 is 14.2 Å². The molecule has 2 aliphatic rings. The van der Waals surface area contributed by atoms with Crippen molar-refractivity contribution in [1.29, 1.82) is 0 Å². The molecule has 0 aromatic heterocycles. The molecule has 0 spiro atoms. The van der Waals surface area contributed by atoms with Gasteiger partial charge in [-0.2, -0.15) is 25.3 Å². The first-order valence-electron chi connectivity index (χ1n) is 7.25. The first-order chi connectivity index (χ1) is 11.8. The maximum atomic E-state index is 11.6. The third-order valence-electron chi connectivity index (χ3n) is 3.28. The molecule has 0 unspecified atom stereocenters. The zero-order valence-corrected chi connectivity index (χ0v) is 16.6. The average molecular weight is 440 g/mol. The minimum absolute atomic E-state index is 0.207. The van der Waals surface area contributed by atoms with Gasteiger partial charge in [0.25, 0.3) is 30.4 Å². The van der Waals surface area contributed by atoms with E-state index in [1.165, 1.54) is 0 Å². The monoisotopic (exact) mass is 440 g/mol. The fraction of sp³-hybridized carbons (Fsp3) is 1.00. The molecule has 4 atom stereocenters. The Bertz CT molecular complexity index is 795. The molecule has 0 saturated carbocycles. The lowest BCUT2D eigenvalue weighted by Gasteiger charge is -2.24. The topological polar surface area (TPSA) is 158 Å². The summed E-state index contributed by atoms with van der Waals surface area (Å²) in [5, 5.41) is 0. The second-order valence-corrected chi connectivity index (χ2v) is 10.6. The van der Waals surface area contributed by atoms with Crippen molar-refractivity contribution in [1.82, 2.24) is 0 Å². The average Bonchev–Trinajstić information content (AvgIpc) is 3.02. The number of ether oxygens (including phenoxy) is 3. The van der Waals surface area contributed by atoms with Crippen LogP contribution in [0.2, 0.25) is 0 Å². The number of hydrogen-bond acceptors (Lipinski definition) is 12. The summed E-state index contributed by atoms with van der Waals surface area (Å²) in [6, 6.07) is 0. The van der Waals surface area contributed by atoms with E-state index in [1.807, 2.05) is 0 Å². The highest BCUT2D eigenvalue weighted by Gasteiger charge is 2.54. The van der Waals surface area contributed by atoms with E-state index in [4.69, 9.17) is 22.6 Å². The first-order valence-corrected chi connectivity index (χ1v) is 12.7. The Morgan fingerprint density at radius 2 is 1.31 bits per heavy atom. The van der Waals surface area contributed by atoms with E-state index in [1.54, 1.807) is 0 Å². The van der Waals surface area contributed by atoms with Crippen LogP contribution in [0.15, 0.2) is 0 Å². The molecule has 26 heavy (non-hydrogen) atoms. The van der Waals surface area contributed by atoms with E-state index in [9.17, 15) is 25.3 Å². The molecule has 0 aromatic carbocycles. The summed E-state index contributed by atoms with van der Waals surface area (Å²) in [6.07, 6.45) is -4.17. The molecule has 0 aliphatic carbocycles. The third kappa shape index (κ3) is 6.65. The first kappa shape index (κ1) is 21.9. The largest absolute Gasteiger partial charge is 0.361 e. The lowest BCUT2D eigenvalue weighted by Crippen LogP contribution is -2.44. The van der Waals surface area contributed by atoms with Crippen LogP contribution >= 0.6 is 0 Å². The molecule has 0 radical (unpaired) electrons. The van der Waals surface area contributed by atoms with Gasteiger partial charge in [0.2, 0.25) is 0 Å². The Labute approximate surface area is 152 Å². The van der Waals surface area contributed by atoms with Crippen LogP contribution in [0.3, 0.4) is 0 Å². The van der Waals surface area contributed by atoms with Crippen molar-refractivity contribution in [3.8, 4) is 0 Å². The Balaban J connectivity index is 2.33. The summed E-state index contributed by atoms with van der Waals surface area (Å²) in [5.74, 6) is 0. The second-order valence-electron chi connectivity index (χ2n) is 5.77. The van der Waals surface area contributed by atoms with E-state index in [0.717, 1.165) is 18.8 Å². The zero-order valence-electron chi connectivity index (χ0n) is 14.1.